The minimum atomic E-state index is 0.639. The maximum absolute atomic E-state index is 6.45. The highest BCUT2D eigenvalue weighted by Crippen LogP contribution is 2.36. The molecule has 8 aromatic rings. The Morgan fingerprint density at radius 3 is 1.36 bits per heavy atom. The van der Waals surface area contributed by atoms with Crippen LogP contribution in [0.1, 0.15) is 60.4 Å². The van der Waals surface area contributed by atoms with Gasteiger partial charge in [0.1, 0.15) is 5.75 Å². The first-order chi connectivity index (χ1) is 27.2. The Bertz CT molecular complexity index is 2320. The highest BCUT2D eigenvalue weighted by atomic mass is 16.5. The zero-order valence-electron chi connectivity index (χ0n) is 31.3. The van der Waals surface area contributed by atoms with E-state index in [0.29, 0.717) is 13.2 Å². The summed E-state index contributed by atoms with van der Waals surface area (Å²) < 4.78 is 8.86. The van der Waals surface area contributed by atoms with Gasteiger partial charge in [-0.3, -0.25) is 0 Å². The Hall–Kier alpha value is -6.52. The fourth-order valence-corrected chi connectivity index (χ4v) is 7.27. The van der Waals surface area contributed by atoms with Crippen LogP contribution in [0.15, 0.2) is 192 Å². The largest absolute Gasteiger partial charge is 0.493 e. The number of unbranched alkanes of at least 4 members (excludes halogenated alkanes) is 3. The fourth-order valence-electron chi connectivity index (χ4n) is 7.27. The number of hydrogen-bond acceptors (Lipinski definition) is 3. The second kappa shape index (κ2) is 17.1. The topological polar surface area (TPSA) is 38.9 Å². The van der Waals surface area contributed by atoms with Crippen molar-refractivity contribution in [1.29, 1.82) is 0 Å². The van der Waals surface area contributed by atoms with Gasteiger partial charge in [0.15, 0.2) is 0 Å². The molecule has 0 atom stereocenters. The van der Waals surface area contributed by atoms with Gasteiger partial charge in [0.25, 0.3) is 0 Å². The van der Waals surface area contributed by atoms with Crippen LogP contribution in [-0.2, 0) is 6.54 Å². The van der Waals surface area contributed by atoms with Gasteiger partial charge in [0.05, 0.1) is 47.0 Å². The summed E-state index contributed by atoms with van der Waals surface area (Å²) in [5.74, 6) is 0.934. The number of hydrogen-bond donors (Lipinski definition) is 0. The number of para-hydroxylation sites is 1. The molecule has 0 unspecified atom stereocenters. The van der Waals surface area contributed by atoms with Gasteiger partial charge < -0.3 is 9.30 Å². The van der Waals surface area contributed by atoms with Crippen LogP contribution in [0.4, 0.5) is 11.4 Å². The molecule has 4 heteroatoms. The monoisotopic (exact) mass is 715 g/mol. The lowest BCUT2D eigenvalue weighted by Crippen LogP contribution is -2.05. The van der Waals surface area contributed by atoms with Crippen LogP contribution in [0.3, 0.4) is 0 Å². The van der Waals surface area contributed by atoms with Gasteiger partial charge in [-0.05, 0) is 36.8 Å². The number of fused-ring (bicyclic) bond motifs is 3. The molecule has 0 bridgehead atoms. The molecule has 0 N–H and O–H groups in total. The second-order valence-corrected chi connectivity index (χ2v) is 13.9. The van der Waals surface area contributed by atoms with Gasteiger partial charge >= 0.3 is 0 Å². The molecular weight excluding hydrogens is 671 g/mol. The van der Waals surface area contributed by atoms with Crippen LogP contribution in [0.2, 0.25) is 0 Å². The van der Waals surface area contributed by atoms with Gasteiger partial charge in [-0.2, -0.15) is 0 Å². The first kappa shape index (κ1) is 35.5. The lowest BCUT2D eigenvalue weighted by Gasteiger charge is -2.14. The number of ether oxygens (including phenoxy) is 1. The average Bonchev–Trinajstić information content (AvgIpc) is 3.55. The van der Waals surface area contributed by atoms with Gasteiger partial charge in [-0.15, -0.1) is 0 Å². The molecule has 1 aromatic heterocycles. The molecule has 8 rings (SSSR count). The summed E-state index contributed by atoms with van der Waals surface area (Å²) >= 11 is 0. The van der Waals surface area contributed by atoms with E-state index in [1.165, 1.54) is 30.0 Å². The molecule has 0 fully saturated rings. The molecule has 0 saturated carbocycles. The number of aliphatic imine (C=N–C) groups is 2. The van der Waals surface area contributed by atoms with E-state index < -0.39 is 0 Å². The van der Waals surface area contributed by atoms with Crippen molar-refractivity contribution in [3.8, 4) is 5.75 Å². The van der Waals surface area contributed by atoms with E-state index >= 15 is 0 Å². The van der Waals surface area contributed by atoms with E-state index in [1.807, 2.05) is 24.3 Å². The van der Waals surface area contributed by atoms with Crippen molar-refractivity contribution in [2.45, 2.75) is 39.2 Å². The number of rotatable bonds is 14. The minimum absolute atomic E-state index is 0.639. The highest BCUT2D eigenvalue weighted by Gasteiger charge is 2.16. The third-order valence-corrected chi connectivity index (χ3v) is 10.1. The molecule has 0 radical (unpaired) electrons. The predicted octanol–water partition coefficient (Wildman–Crippen LogP) is 13.1. The van der Waals surface area contributed by atoms with Crippen LogP contribution in [0.25, 0.3) is 21.8 Å². The van der Waals surface area contributed by atoms with Gasteiger partial charge in [-0.1, -0.05) is 178 Å². The Morgan fingerprint density at radius 1 is 0.473 bits per heavy atom. The molecule has 0 saturated heterocycles. The molecule has 0 aliphatic heterocycles. The average molecular weight is 716 g/mol. The molecule has 7 aromatic carbocycles. The standard InChI is InChI=1S/C51H45N3O/c1-2-3-4-19-34-55-49-29-18-17-28-42(49)37-54-47-35-43(52-50(38-20-9-5-10-21-38)39-22-11-6-12-23-39)30-32-45(47)46-33-31-44(36-48(46)54)53-51(40-24-13-7-14-25-40)41-26-15-8-16-27-41/h5-18,20-33,35-36H,2-4,19,34,37H2,1H3. The lowest BCUT2D eigenvalue weighted by atomic mass is 10.0. The molecule has 0 spiro atoms. The Kier molecular flexibility index (Phi) is 11.0. The van der Waals surface area contributed by atoms with Gasteiger partial charge in [0, 0.05) is 38.6 Å². The number of aromatic nitrogens is 1. The van der Waals surface area contributed by atoms with Crippen molar-refractivity contribution in [2.24, 2.45) is 9.98 Å². The summed E-state index contributed by atoms with van der Waals surface area (Å²) in [5.41, 5.74) is 11.4. The zero-order chi connectivity index (χ0) is 37.2. The Balaban J connectivity index is 1.28. The highest BCUT2D eigenvalue weighted by molar-refractivity contribution is 6.16. The predicted molar refractivity (Wildman–Crippen MR) is 231 cm³/mol. The smallest absolute Gasteiger partial charge is 0.124 e. The van der Waals surface area contributed by atoms with E-state index in [1.54, 1.807) is 0 Å². The summed E-state index contributed by atoms with van der Waals surface area (Å²) in [7, 11) is 0. The summed E-state index contributed by atoms with van der Waals surface area (Å²) in [6, 6.07) is 63.4. The summed E-state index contributed by atoms with van der Waals surface area (Å²) in [5, 5.41) is 2.35. The van der Waals surface area contributed by atoms with E-state index in [-0.39, 0.29) is 0 Å². The molecular formula is C51H45N3O. The van der Waals surface area contributed by atoms with Crippen LogP contribution >= 0.6 is 0 Å². The first-order valence-corrected chi connectivity index (χ1v) is 19.4. The maximum atomic E-state index is 6.45. The van der Waals surface area contributed by atoms with Crippen molar-refractivity contribution in [1.82, 2.24) is 4.57 Å². The fraction of sp³-hybridized carbons (Fsp3) is 0.137. The SMILES string of the molecule is CCCCCCOc1ccccc1Cn1c2cc(N=C(c3ccccc3)c3ccccc3)ccc2c2ccc(N=C(c3ccccc3)c3ccccc3)cc21. The molecule has 4 nitrogen and oxygen atoms in total. The summed E-state index contributed by atoms with van der Waals surface area (Å²) in [6.45, 7) is 3.59. The second-order valence-electron chi connectivity index (χ2n) is 13.9. The molecule has 0 amide bonds. The minimum Gasteiger partial charge on any atom is -0.493 e. The van der Waals surface area contributed by atoms with Gasteiger partial charge in [0.2, 0.25) is 0 Å². The Labute approximate surface area is 324 Å². The summed E-state index contributed by atoms with van der Waals surface area (Å²) in [4.78, 5) is 10.7. The Morgan fingerprint density at radius 2 is 0.909 bits per heavy atom. The van der Waals surface area contributed by atoms with Crippen molar-refractivity contribution < 1.29 is 4.74 Å². The van der Waals surface area contributed by atoms with Crippen LogP contribution in [0, 0.1) is 0 Å². The maximum Gasteiger partial charge on any atom is 0.124 e. The normalized spacial score (nSPS) is 11.1. The quantitative estimate of drug-likeness (QED) is 0.0816. The molecule has 0 aliphatic carbocycles. The molecule has 1 heterocycles. The van der Waals surface area contributed by atoms with E-state index in [4.69, 9.17) is 14.7 Å². The van der Waals surface area contributed by atoms with Crippen LogP contribution < -0.4 is 4.74 Å². The first-order valence-electron chi connectivity index (χ1n) is 19.4. The molecule has 270 valence electrons. The van der Waals surface area contributed by atoms with E-state index in [0.717, 1.165) is 73.8 Å². The van der Waals surface area contributed by atoms with Crippen LogP contribution in [0.5, 0.6) is 5.75 Å². The van der Waals surface area contributed by atoms with E-state index in [9.17, 15) is 0 Å². The number of benzene rings is 7. The third kappa shape index (κ3) is 8.19. The number of nitrogens with zero attached hydrogens (tertiary/aromatic N) is 3. The molecule has 55 heavy (non-hydrogen) atoms. The lowest BCUT2D eigenvalue weighted by molar-refractivity contribution is 0.301. The van der Waals surface area contributed by atoms with Crippen molar-refractivity contribution in [2.75, 3.05) is 6.61 Å². The van der Waals surface area contributed by atoms with Crippen molar-refractivity contribution in [3.63, 3.8) is 0 Å². The van der Waals surface area contributed by atoms with Crippen molar-refractivity contribution >= 4 is 44.6 Å². The third-order valence-electron chi connectivity index (χ3n) is 10.1. The van der Waals surface area contributed by atoms with E-state index in [2.05, 4.69) is 169 Å². The van der Waals surface area contributed by atoms with Crippen LogP contribution in [-0.4, -0.2) is 22.6 Å². The summed E-state index contributed by atoms with van der Waals surface area (Å²) in [6.07, 6.45) is 4.67. The van der Waals surface area contributed by atoms with Crippen molar-refractivity contribution in [3.05, 3.63) is 210 Å². The van der Waals surface area contributed by atoms with Gasteiger partial charge in [-0.25, -0.2) is 9.98 Å². The molecule has 0 aliphatic rings. The zero-order valence-corrected chi connectivity index (χ0v) is 31.3.